The van der Waals surface area contributed by atoms with E-state index in [0.29, 0.717) is 0 Å². The Labute approximate surface area is 185 Å². The van der Waals surface area contributed by atoms with Crippen LogP contribution in [0.2, 0.25) is 0 Å². The quantitative estimate of drug-likeness (QED) is 0.232. The normalized spacial score (nSPS) is 23.2. The Morgan fingerprint density at radius 2 is 1.36 bits per heavy atom. The number of rotatable bonds is 7. The van der Waals surface area contributed by atoms with Crippen molar-refractivity contribution in [3.8, 4) is 17.2 Å². The molecule has 2 aliphatic rings. The van der Waals surface area contributed by atoms with Gasteiger partial charge in [0.05, 0.1) is 18.8 Å². The minimum absolute atomic E-state index is 0.113. The summed E-state index contributed by atoms with van der Waals surface area (Å²) in [6.07, 6.45) is -3.51. The van der Waals surface area contributed by atoms with E-state index in [1.807, 2.05) is 0 Å². The van der Waals surface area contributed by atoms with E-state index in [4.69, 9.17) is 28.4 Å². The first-order chi connectivity index (χ1) is 15.5. The van der Waals surface area contributed by atoms with Gasteiger partial charge >= 0.3 is 23.9 Å². The summed E-state index contributed by atoms with van der Waals surface area (Å²) in [4.78, 5) is 62.3. The first-order valence-corrected chi connectivity index (χ1v) is 9.53. The average molecular weight is 469 g/mol. The molecule has 2 aliphatic heterocycles. The molecular formula is C19H19NO13. The van der Waals surface area contributed by atoms with Crippen molar-refractivity contribution in [1.29, 1.82) is 0 Å². The topological polar surface area (TPSA) is 176 Å². The highest BCUT2D eigenvalue weighted by Crippen LogP contribution is 2.40. The van der Waals surface area contributed by atoms with Gasteiger partial charge in [0, 0.05) is 20.8 Å². The zero-order chi connectivity index (χ0) is 24.3. The second-order valence-corrected chi connectivity index (χ2v) is 6.99. The molecule has 14 heteroatoms. The van der Waals surface area contributed by atoms with Gasteiger partial charge in [0.25, 0.3) is 5.09 Å². The van der Waals surface area contributed by atoms with Gasteiger partial charge in [-0.1, -0.05) is 0 Å². The summed E-state index contributed by atoms with van der Waals surface area (Å²) in [5.41, 5.74) is -0.210. The number of ether oxygens (including phenoxy) is 6. The van der Waals surface area contributed by atoms with Crippen LogP contribution >= 0.6 is 0 Å². The molecule has 1 aromatic rings. The molecule has 0 spiro atoms. The van der Waals surface area contributed by atoms with E-state index in [2.05, 4.69) is 4.84 Å². The summed E-state index contributed by atoms with van der Waals surface area (Å²) in [7, 11) is 0. The third kappa shape index (κ3) is 5.72. The number of hydrogen-bond acceptors (Lipinski definition) is 13. The third-order valence-electron chi connectivity index (χ3n) is 4.45. The molecule has 0 aliphatic carbocycles. The van der Waals surface area contributed by atoms with Gasteiger partial charge in [-0.3, -0.25) is 14.4 Å². The fourth-order valence-corrected chi connectivity index (χ4v) is 3.34. The van der Waals surface area contributed by atoms with Crippen LogP contribution in [0, 0.1) is 10.1 Å². The molecule has 0 aromatic heterocycles. The van der Waals surface area contributed by atoms with E-state index in [1.165, 1.54) is 0 Å². The highest BCUT2D eigenvalue weighted by molar-refractivity contribution is 5.92. The SMILES string of the molecule is CC(=O)Oc1cc(C(=O)O[C@H]2CO[C@H]3[C@@H]2OC[C@H]3O[N+](=O)[O-])cc(OC(C)=O)c1OC(C)=O. The number of hydrogen-bond donors (Lipinski definition) is 0. The molecule has 0 radical (unpaired) electrons. The Morgan fingerprint density at radius 1 is 0.879 bits per heavy atom. The first-order valence-electron chi connectivity index (χ1n) is 9.53. The number of carbonyl (C=O) groups is 4. The van der Waals surface area contributed by atoms with E-state index < -0.39 is 53.4 Å². The molecular weight excluding hydrogens is 450 g/mol. The fourth-order valence-electron chi connectivity index (χ4n) is 3.34. The third-order valence-corrected chi connectivity index (χ3v) is 4.45. The van der Waals surface area contributed by atoms with E-state index in [9.17, 15) is 29.3 Å². The lowest BCUT2D eigenvalue weighted by molar-refractivity contribution is -0.769. The highest BCUT2D eigenvalue weighted by Gasteiger charge is 2.51. The summed E-state index contributed by atoms with van der Waals surface area (Å²) in [5.74, 6) is -4.45. The zero-order valence-electron chi connectivity index (χ0n) is 17.6. The molecule has 14 nitrogen and oxygen atoms in total. The minimum Gasteiger partial charge on any atom is -0.453 e. The predicted molar refractivity (Wildman–Crippen MR) is 101 cm³/mol. The van der Waals surface area contributed by atoms with Crippen molar-refractivity contribution in [3.63, 3.8) is 0 Å². The summed E-state index contributed by atoms with van der Waals surface area (Å²) in [6, 6.07) is 2.13. The molecule has 33 heavy (non-hydrogen) atoms. The molecule has 1 aromatic carbocycles. The van der Waals surface area contributed by atoms with Crippen molar-refractivity contribution >= 4 is 23.9 Å². The Hall–Kier alpha value is -3.78. The van der Waals surface area contributed by atoms with Crippen LogP contribution in [0.4, 0.5) is 0 Å². The van der Waals surface area contributed by atoms with Crippen LogP contribution in [0.1, 0.15) is 31.1 Å². The summed E-state index contributed by atoms with van der Waals surface area (Å²) in [5, 5.41) is 9.62. The number of esters is 4. The lowest BCUT2D eigenvalue weighted by Gasteiger charge is -2.18. The van der Waals surface area contributed by atoms with Crippen LogP contribution in [0.15, 0.2) is 12.1 Å². The standard InChI is InChI=1S/C19H19NO13/c1-8(21)29-12-4-11(5-13(30-9(2)22)16(12)31-10(3)23)19(24)32-14-6-27-18-15(33-20(25)26)7-28-17(14)18/h4-5,14-15,17-18H,6-7H2,1-3H3/t14-,15+,17+,18+/m0/s1. The maximum atomic E-state index is 12.8. The first kappa shape index (κ1) is 23.9. The monoisotopic (exact) mass is 469 g/mol. The van der Waals surface area contributed by atoms with Crippen LogP contribution in [0.25, 0.3) is 0 Å². The minimum atomic E-state index is -0.970. The van der Waals surface area contributed by atoms with Crippen molar-refractivity contribution in [1.82, 2.24) is 0 Å². The molecule has 0 saturated carbocycles. The largest absolute Gasteiger partial charge is 0.453 e. The Bertz CT molecular complexity index is 953. The van der Waals surface area contributed by atoms with Crippen LogP contribution in [0.3, 0.4) is 0 Å². The Kier molecular flexibility index (Phi) is 7.08. The number of benzene rings is 1. The number of fused-ring (bicyclic) bond motifs is 1. The van der Waals surface area contributed by atoms with Gasteiger partial charge in [-0.25, -0.2) is 4.79 Å². The van der Waals surface area contributed by atoms with Crippen molar-refractivity contribution in [3.05, 3.63) is 27.8 Å². The van der Waals surface area contributed by atoms with Gasteiger partial charge in [-0.05, 0) is 12.1 Å². The van der Waals surface area contributed by atoms with E-state index in [-0.39, 0.29) is 36.0 Å². The molecule has 2 fully saturated rings. The van der Waals surface area contributed by atoms with Gasteiger partial charge in [-0.15, -0.1) is 10.1 Å². The molecule has 2 saturated heterocycles. The zero-order valence-corrected chi connectivity index (χ0v) is 17.6. The van der Waals surface area contributed by atoms with Crippen molar-refractivity contribution in [2.24, 2.45) is 0 Å². The number of nitrogens with zero attached hydrogens (tertiary/aromatic N) is 1. The van der Waals surface area contributed by atoms with E-state index >= 15 is 0 Å². The van der Waals surface area contributed by atoms with Gasteiger partial charge in [-0.2, -0.15) is 0 Å². The van der Waals surface area contributed by atoms with Crippen LogP contribution < -0.4 is 14.2 Å². The van der Waals surface area contributed by atoms with Crippen molar-refractivity contribution < 1.29 is 57.5 Å². The summed E-state index contributed by atoms with van der Waals surface area (Å²) >= 11 is 0. The molecule has 0 N–H and O–H groups in total. The molecule has 0 amide bonds. The van der Waals surface area contributed by atoms with Crippen LogP contribution in [-0.2, 0) is 33.4 Å². The molecule has 0 unspecified atom stereocenters. The van der Waals surface area contributed by atoms with Gasteiger partial charge in [0.1, 0.15) is 12.2 Å². The molecule has 0 bridgehead atoms. The highest BCUT2D eigenvalue weighted by atomic mass is 17.0. The van der Waals surface area contributed by atoms with Crippen molar-refractivity contribution in [2.45, 2.75) is 45.2 Å². The molecule has 4 atom stereocenters. The van der Waals surface area contributed by atoms with E-state index in [1.54, 1.807) is 0 Å². The van der Waals surface area contributed by atoms with Crippen molar-refractivity contribution in [2.75, 3.05) is 13.2 Å². The molecule has 3 rings (SSSR count). The Balaban J connectivity index is 1.85. The van der Waals surface area contributed by atoms with Gasteiger partial charge < -0.3 is 33.3 Å². The lowest BCUT2D eigenvalue weighted by atomic mass is 10.1. The maximum Gasteiger partial charge on any atom is 0.338 e. The van der Waals surface area contributed by atoms with Crippen LogP contribution in [0.5, 0.6) is 17.2 Å². The molecule has 178 valence electrons. The van der Waals surface area contributed by atoms with Gasteiger partial charge in [0.2, 0.25) is 5.75 Å². The predicted octanol–water partition coefficient (Wildman–Crippen LogP) is 0.362. The second kappa shape index (κ2) is 9.79. The fraction of sp³-hybridized carbons (Fsp3) is 0.474. The summed E-state index contributed by atoms with van der Waals surface area (Å²) < 4.78 is 31.3. The lowest BCUT2D eigenvalue weighted by Crippen LogP contribution is -2.35. The average Bonchev–Trinajstić information content (AvgIpc) is 3.26. The smallest absolute Gasteiger partial charge is 0.338 e. The maximum absolute atomic E-state index is 12.8. The van der Waals surface area contributed by atoms with E-state index in [0.717, 1.165) is 32.9 Å². The van der Waals surface area contributed by atoms with Crippen LogP contribution in [-0.4, -0.2) is 66.6 Å². The number of carbonyl (C=O) groups excluding carboxylic acids is 4. The summed E-state index contributed by atoms with van der Waals surface area (Å²) in [6.45, 7) is 2.98. The second-order valence-electron chi connectivity index (χ2n) is 6.99. The molecule has 2 heterocycles. The van der Waals surface area contributed by atoms with Gasteiger partial charge in [0.15, 0.2) is 23.7 Å². The Morgan fingerprint density at radius 3 is 1.85 bits per heavy atom.